The Morgan fingerprint density at radius 1 is 0.714 bits per heavy atom. The molecule has 0 unspecified atom stereocenters. The number of hydrogen-bond acceptors (Lipinski definition) is 4. The van der Waals surface area contributed by atoms with Crippen LogP contribution in [0.5, 0.6) is 0 Å². The van der Waals surface area contributed by atoms with Crippen molar-refractivity contribution in [3.05, 3.63) is 84.9 Å². The van der Waals surface area contributed by atoms with Crippen molar-refractivity contribution < 1.29 is 13.6 Å². The van der Waals surface area contributed by atoms with Gasteiger partial charge in [-0.2, -0.15) is 0 Å². The Balaban J connectivity index is 2.17. The Kier molecular flexibility index (Phi) is 7.51. The quantitative estimate of drug-likeness (QED) is 0.220. The van der Waals surface area contributed by atoms with Crippen LogP contribution in [0.1, 0.15) is 41.5 Å². The Labute approximate surface area is 208 Å². The van der Waals surface area contributed by atoms with E-state index in [-0.39, 0.29) is 18.2 Å². The van der Waals surface area contributed by atoms with Crippen molar-refractivity contribution in [1.82, 2.24) is 4.34 Å². The van der Waals surface area contributed by atoms with Crippen molar-refractivity contribution in [3.63, 3.8) is 0 Å². The van der Waals surface area contributed by atoms with Gasteiger partial charge in [-0.1, -0.05) is 66.7 Å². The fourth-order valence-electron chi connectivity index (χ4n) is 4.49. The van der Waals surface area contributed by atoms with E-state index in [0.29, 0.717) is 0 Å². The smallest absolute Gasteiger partial charge is 0.337 e. The third-order valence-corrected chi connectivity index (χ3v) is 7.88. The molecule has 0 aliphatic rings. The van der Waals surface area contributed by atoms with Gasteiger partial charge in [-0.05, 0) is 59.7 Å². The normalized spacial score (nSPS) is 12.3. The van der Waals surface area contributed by atoms with Crippen molar-refractivity contribution in [2.45, 2.75) is 59.8 Å². The molecule has 0 radical (unpaired) electrons. The zero-order valence-corrected chi connectivity index (χ0v) is 22.3. The highest BCUT2D eigenvalue weighted by Gasteiger charge is 2.38. The molecule has 4 rings (SSSR count). The first kappa shape index (κ1) is 25.2. The number of fused-ring (bicyclic) bond motifs is 1. The largest absolute Gasteiger partial charge is 0.440 e. The van der Waals surface area contributed by atoms with Gasteiger partial charge in [-0.3, -0.25) is 9.05 Å². The number of aromatic nitrogens is 1. The predicted molar refractivity (Wildman–Crippen MR) is 147 cm³/mol. The monoisotopic (exact) mass is 490 g/mol. The molecule has 0 spiro atoms. The molecule has 0 aliphatic carbocycles. The molecule has 0 atom stereocenters. The van der Waals surface area contributed by atoms with Gasteiger partial charge in [-0.25, -0.2) is 8.90 Å². The van der Waals surface area contributed by atoms with Gasteiger partial charge in [-0.15, -0.1) is 0 Å². The van der Waals surface area contributed by atoms with Crippen LogP contribution < -0.4 is 4.90 Å². The first-order valence-electron chi connectivity index (χ1n) is 12.2. The summed E-state index contributed by atoms with van der Waals surface area (Å²) in [5, 5.41) is 0.990. The summed E-state index contributed by atoms with van der Waals surface area (Å²) < 4.78 is 28.8. The van der Waals surface area contributed by atoms with Gasteiger partial charge in [0.05, 0.1) is 29.1 Å². The summed E-state index contributed by atoms with van der Waals surface area (Å²) in [4.78, 5) is 2.30. The molecule has 35 heavy (non-hydrogen) atoms. The van der Waals surface area contributed by atoms with E-state index in [0.717, 1.165) is 33.5 Å². The third-order valence-electron chi connectivity index (χ3n) is 5.60. The van der Waals surface area contributed by atoms with Crippen LogP contribution in [0.15, 0.2) is 84.9 Å². The minimum atomic E-state index is -3.78. The summed E-state index contributed by atoms with van der Waals surface area (Å²) in [5.74, 6) is 0. The van der Waals surface area contributed by atoms with E-state index < -0.39 is 7.75 Å². The van der Waals surface area contributed by atoms with Crippen LogP contribution in [0.25, 0.3) is 22.2 Å². The van der Waals surface area contributed by atoms with Gasteiger partial charge in [0.25, 0.3) is 0 Å². The summed E-state index contributed by atoms with van der Waals surface area (Å²) >= 11 is 0. The summed E-state index contributed by atoms with van der Waals surface area (Å²) in [6, 6.07) is 28.6. The van der Waals surface area contributed by atoms with Gasteiger partial charge in [0.15, 0.2) is 0 Å². The van der Waals surface area contributed by atoms with Crippen molar-refractivity contribution in [2.75, 3.05) is 4.90 Å². The van der Waals surface area contributed by atoms with E-state index in [2.05, 4.69) is 36.9 Å². The first-order valence-corrected chi connectivity index (χ1v) is 13.7. The van der Waals surface area contributed by atoms with Crippen LogP contribution in [0.4, 0.5) is 11.4 Å². The lowest BCUT2D eigenvalue weighted by Gasteiger charge is -2.31. The molecule has 0 N–H and O–H groups in total. The Hall–Kier alpha value is -2.85. The molecule has 1 heterocycles. The number of benzene rings is 3. The fourth-order valence-corrected chi connectivity index (χ4v) is 6.68. The summed E-state index contributed by atoms with van der Waals surface area (Å²) in [7, 11) is -3.78. The van der Waals surface area contributed by atoms with Crippen LogP contribution in [-0.2, 0) is 13.6 Å². The standard InChI is InChI=1S/C29H35N2O3P/c1-21(2)30(25-17-11-8-12-18-25)29-26-19-13-14-20-27(26)31(28(29)24-15-9-7-10-16-24)35(32,33-22(3)4)34-23(5)6/h7-23H,1-6H3. The molecule has 0 fully saturated rings. The van der Waals surface area contributed by atoms with Gasteiger partial charge in [0.1, 0.15) is 0 Å². The molecule has 184 valence electrons. The van der Waals surface area contributed by atoms with Crippen LogP contribution in [0.2, 0.25) is 0 Å². The Morgan fingerprint density at radius 2 is 1.23 bits per heavy atom. The molecule has 0 amide bonds. The highest BCUT2D eigenvalue weighted by atomic mass is 31.2. The first-order chi connectivity index (χ1) is 16.7. The van der Waals surface area contributed by atoms with Crippen molar-refractivity contribution in [1.29, 1.82) is 0 Å². The van der Waals surface area contributed by atoms with Crippen LogP contribution in [0, 0.1) is 0 Å². The molecule has 3 aromatic carbocycles. The second-order valence-electron chi connectivity index (χ2n) is 9.47. The zero-order valence-electron chi connectivity index (χ0n) is 21.4. The molecule has 0 aliphatic heterocycles. The molecule has 5 nitrogen and oxygen atoms in total. The maximum Gasteiger partial charge on any atom is 0.440 e. The van der Waals surface area contributed by atoms with E-state index in [9.17, 15) is 4.57 Å². The number of para-hydroxylation sites is 2. The maximum atomic E-state index is 14.7. The second-order valence-corrected chi connectivity index (χ2v) is 11.2. The number of rotatable bonds is 9. The molecular formula is C29H35N2O3P. The van der Waals surface area contributed by atoms with Gasteiger partial charge in [0, 0.05) is 22.7 Å². The lowest BCUT2D eigenvalue weighted by molar-refractivity contribution is 0.137. The van der Waals surface area contributed by atoms with Crippen LogP contribution in [0.3, 0.4) is 0 Å². The zero-order chi connectivity index (χ0) is 25.2. The van der Waals surface area contributed by atoms with E-state index in [1.165, 1.54) is 0 Å². The molecule has 0 saturated heterocycles. The average molecular weight is 491 g/mol. The summed E-state index contributed by atoms with van der Waals surface area (Å²) in [6.07, 6.45) is -0.578. The highest BCUT2D eigenvalue weighted by Crippen LogP contribution is 2.59. The SMILES string of the molecule is CC(C)OP(=O)(OC(C)C)n1c(-c2ccccc2)c(N(c2ccccc2)C(C)C)c2ccccc21. The number of hydrogen-bond donors (Lipinski definition) is 0. The Morgan fingerprint density at radius 3 is 1.77 bits per heavy atom. The van der Waals surface area contributed by atoms with Crippen molar-refractivity contribution in [2.24, 2.45) is 0 Å². The molecule has 0 saturated carbocycles. The van der Waals surface area contributed by atoms with Gasteiger partial charge >= 0.3 is 7.75 Å². The lowest BCUT2D eigenvalue weighted by Crippen LogP contribution is -2.26. The molecule has 0 bridgehead atoms. The Bertz CT molecular complexity index is 1300. The fraction of sp³-hybridized carbons (Fsp3) is 0.310. The topological polar surface area (TPSA) is 43.7 Å². The van der Waals surface area contributed by atoms with E-state index in [1.54, 1.807) is 0 Å². The minimum absolute atomic E-state index is 0.135. The molecule has 4 aromatic rings. The van der Waals surface area contributed by atoms with E-state index in [4.69, 9.17) is 9.05 Å². The third kappa shape index (κ3) is 5.08. The predicted octanol–water partition coefficient (Wildman–Crippen LogP) is 8.66. The molecule has 6 heteroatoms. The molecular weight excluding hydrogens is 455 g/mol. The average Bonchev–Trinajstić information content (AvgIpc) is 3.15. The van der Waals surface area contributed by atoms with Gasteiger partial charge in [0.2, 0.25) is 0 Å². The number of nitrogens with zero attached hydrogens (tertiary/aromatic N) is 2. The molecule has 1 aromatic heterocycles. The maximum absolute atomic E-state index is 14.7. The van der Waals surface area contributed by atoms with E-state index >= 15 is 0 Å². The van der Waals surface area contributed by atoms with Crippen LogP contribution in [-0.4, -0.2) is 22.6 Å². The van der Waals surface area contributed by atoms with E-state index in [1.807, 2.05) is 98.8 Å². The van der Waals surface area contributed by atoms with Crippen molar-refractivity contribution in [3.8, 4) is 11.3 Å². The van der Waals surface area contributed by atoms with Crippen molar-refractivity contribution >= 4 is 30.0 Å². The minimum Gasteiger partial charge on any atom is -0.337 e. The van der Waals surface area contributed by atoms with Crippen LogP contribution >= 0.6 is 7.75 Å². The number of anilines is 2. The summed E-state index contributed by atoms with van der Waals surface area (Å²) in [5.41, 5.74) is 4.61. The van der Waals surface area contributed by atoms with Gasteiger partial charge < -0.3 is 4.90 Å². The highest BCUT2D eigenvalue weighted by molar-refractivity contribution is 7.52. The lowest BCUT2D eigenvalue weighted by atomic mass is 10.1. The summed E-state index contributed by atoms with van der Waals surface area (Å²) in [6.45, 7) is 11.9. The second kappa shape index (κ2) is 10.4.